The van der Waals surface area contributed by atoms with Crippen LogP contribution in [0.2, 0.25) is 0 Å². The summed E-state index contributed by atoms with van der Waals surface area (Å²) in [6.07, 6.45) is 0. The molecule has 0 spiro atoms. The van der Waals surface area contributed by atoms with Gasteiger partial charge in [-0.15, -0.1) is 11.3 Å². The van der Waals surface area contributed by atoms with Crippen molar-refractivity contribution in [3.05, 3.63) is 40.0 Å². The molecule has 0 saturated heterocycles. The van der Waals surface area contributed by atoms with Crippen molar-refractivity contribution in [3.63, 3.8) is 0 Å². The van der Waals surface area contributed by atoms with E-state index in [1.165, 1.54) is 4.88 Å². The van der Waals surface area contributed by atoms with Gasteiger partial charge in [-0.25, -0.2) is 4.98 Å². The van der Waals surface area contributed by atoms with Gasteiger partial charge in [-0.2, -0.15) is 10.2 Å². The van der Waals surface area contributed by atoms with E-state index in [0.29, 0.717) is 35.4 Å². The van der Waals surface area contributed by atoms with E-state index in [9.17, 15) is 0 Å². The molecule has 6 heteroatoms. The zero-order valence-corrected chi connectivity index (χ0v) is 14.8. The minimum absolute atomic E-state index is 0.486. The number of nitriles is 1. The SMILES string of the molecule is CCOc1cc(C#N)ccc1Oc1nc(C)nc2sc(C)c(C)c12. The van der Waals surface area contributed by atoms with E-state index in [-0.39, 0.29) is 0 Å². The molecule has 3 rings (SSSR count). The summed E-state index contributed by atoms with van der Waals surface area (Å²) in [7, 11) is 0. The average molecular weight is 339 g/mol. The van der Waals surface area contributed by atoms with Crippen LogP contribution in [0.1, 0.15) is 28.8 Å². The van der Waals surface area contributed by atoms with Gasteiger partial charge in [0.15, 0.2) is 11.5 Å². The van der Waals surface area contributed by atoms with Crippen molar-refractivity contribution in [2.24, 2.45) is 0 Å². The average Bonchev–Trinajstić information content (AvgIpc) is 2.83. The molecular weight excluding hydrogens is 322 g/mol. The van der Waals surface area contributed by atoms with Crippen LogP contribution >= 0.6 is 11.3 Å². The minimum Gasteiger partial charge on any atom is -0.490 e. The number of aromatic nitrogens is 2. The Kier molecular flexibility index (Phi) is 4.36. The summed E-state index contributed by atoms with van der Waals surface area (Å²) in [5.74, 6) is 2.25. The topological polar surface area (TPSA) is 68.0 Å². The molecule has 0 saturated carbocycles. The highest BCUT2D eigenvalue weighted by molar-refractivity contribution is 7.18. The van der Waals surface area contributed by atoms with Crippen LogP contribution in [0.4, 0.5) is 0 Å². The summed E-state index contributed by atoms with van der Waals surface area (Å²) < 4.78 is 11.7. The molecule has 0 bridgehead atoms. The molecule has 2 aromatic heterocycles. The van der Waals surface area contributed by atoms with Gasteiger partial charge in [-0.05, 0) is 45.4 Å². The van der Waals surface area contributed by atoms with Crippen LogP contribution in [0.3, 0.4) is 0 Å². The Bertz CT molecular complexity index is 957. The molecular formula is C18H17N3O2S. The van der Waals surface area contributed by atoms with Crippen LogP contribution in [0.25, 0.3) is 10.2 Å². The van der Waals surface area contributed by atoms with Crippen LogP contribution in [0.5, 0.6) is 17.4 Å². The van der Waals surface area contributed by atoms with Crippen molar-refractivity contribution in [2.75, 3.05) is 6.61 Å². The summed E-state index contributed by atoms with van der Waals surface area (Å²) in [5, 5.41) is 9.99. The first-order valence-corrected chi connectivity index (χ1v) is 8.44. The van der Waals surface area contributed by atoms with Gasteiger partial charge in [-0.1, -0.05) is 0 Å². The van der Waals surface area contributed by atoms with E-state index >= 15 is 0 Å². The molecule has 5 nitrogen and oxygen atoms in total. The fourth-order valence-electron chi connectivity index (χ4n) is 2.42. The molecule has 0 fully saturated rings. The zero-order chi connectivity index (χ0) is 17.3. The second kappa shape index (κ2) is 6.46. The lowest BCUT2D eigenvalue weighted by atomic mass is 10.2. The van der Waals surface area contributed by atoms with Gasteiger partial charge in [0.05, 0.1) is 23.6 Å². The lowest BCUT2D eigenvalue weighted by molar-refractivity contribution is 0.320. The van der Waals surface area contributed by atoms with Gasteiger partial charge >= 0.3 is 0 Å². The molecule has 122 valence electrons. The monoisotopic (exact) mass is 339 g/mol. The highest BCUT2D eigenvalue weighted by Gasteiger charge is 2.17. The standard InChI is InChI=1S/C18H17N3O2S/c1-5-22-15-8-13(9-19)6-7-14(15)23-17-16-10(2)11(3)24-18(16)21-12(4)20-17/h6-8H,5H2,1-4H3. The van der Waals surface area contributed by atoms with Gasteiger partial charge < -0.3 is 9.47 Å². The third-order valence-electron chi connectivity index (χ3n) is 3.69. The molecule has 0 N–H and O–H groups in total. The minimum atomic E-state index is 0.486. The smallest absolute Gasteiger partial charge is 0.231 e. The van der Waals surface area contributed by atoms with E-state index in [2.05, 4.69) is 23.0 Å². The molecule has 0 aliphatic rings. The molecule has 3 aromatic rings. The van der Waals surface area contributed by atoms with Crippen LogP contribution in [-0.2, 0) is 0 Å². The number of ether oxygens (including phenoxy) is 2. The quantitative estimate of drug-likeness (QED) is 0.690. The summed E-state index contributed by atoms with van der Waals surface area (Å²) in [6.45, 7) is 8.33. The molecule has 1 aromatic carbocycles. The maximum Gasteiger partial charge on any atom is 0.231 e. The van der Waals surface area contributed by atoms with Crippen LogP contribution in [-0.4, -0.2) is 16.6 Å². The number of thiophene rings is 1. The normalized spacial score (nSPS) is 10.6. The predicted molar refractivity (Wildman–Crippen MR) is 94.0 cm³/mol. The van der Waals surface area contributed by atoms with Crippen LogP contribution in [0.15, 0.2) is 18.2 Å². The molecule has 0 amide bonds. The summed E-state index contributed by atoms with van der Waals surface area (Å²) in [4.78, 5) is 11.1. The highest BCUT2D eigenvalue weighted by atomic mass is 32.1. The first kappa shape index (κ1) is 16.2. The Morgan fingerprint density at radius 2 is 1.96 bits per heavy atom. The fourth-order valence-corrected chi connectivity index (χ4v) is 3.49. The van der Waals surface area contributed by atoms with Crippen molar-refractivity contribution >= 4 is 21.6 Å². The van der Waals surface area contributed by atoms with Crippen molar-refractivity contribution < 1.29 is 9.47 Å². The van der Waals surface area contributed by atoms with E-state index in [0.717, 1.165) is 15.8 Å². The molecule has 0 atom stereocenters. The number of nitrogens with zero attached hydrogens (tertiary/aromatic N) is 3. The number of aryl methyl sites for hydroxylation is 3. The fraction of sp³-hybridized carbons (Fsp3) is 0.278. The number of hydrogen-bond acceptors (Lipinski definition) is 6. The van der Waals surface area contributed by atoms with Gasteiger partial charge in [0.25, 0.3) is 0 Å². The van der Waals surface area contributed by atoms with Crippen LogP contribution in [0, 0.1) is 32.1 Å². The lowest BCUT2D eigenvalue weighted by Gasteiger charge is -2.12. The summed E-state index contributed by atoms with van der Waals surface area (Å²) in [5.41, 5.74) is 1.65. The first-order chi connectivity index (χ1) is 11.5. The van der Waals surface area contributed by atoms with Crippen molar-refractivity contribution in [1.29, 1.82) is 5.26 Å². The third-order valence-corrected chi connectivity index (χ3v) is 4.79. The Morgan fingerprint density at radius 1 is 1.17 bits per heavy atom. The summed E-state index contributed by atoms with van der Waals surface area (Å²) in [6, 6.07) is 7.23. The van der Waals surface area contributed by atoms with E-state index < -0.39 is 0 Å². The maximum absolute atomic E-state index is 9.06. The van der Waals surface area contributed by atoms with Crippen molar-refractivity contribution in [2.45, 2.75) is 27.7 Å². The molecule has 0 radical (unpaired) electrons. The van der Waals surface area contributed by atoms with Gasteiger partial charge in [0, 0.05) is 10.9 Å². The van der Waals surface area contributed by atoms with Crippen molar-refractivity contribution in [3.8, 4) is 23.4 Å². The first-order valence-electron chi connectivity index (χ1n) is 7.62. The lowest BCUT2D eigenvalue weighted by Crippen LogP contribution is -1.98. The number of rotatable bonds is 4. The molecule has 24 heavy (non-hydrogen) atoms. The van der Waals surface area contributed by atoms with E-state index in [1.807, 2.05) is 20.8 Å². The number of fused-ring (bicyclic) bond motifs is 1. The molecule has 0 aliphatic heterocycles. The van der Waals surface area contributed by atoms with Crippen molar-refractivity contribution in [1.82, 2.24) is 9.97 Å². The Morgan fingerprint density at radius 3 is 2.67 bits per heavy atom. The second-order valence-corrected chi connectivity index (χ2v) is 6.55. The number of benzene rings is 1. The molecule has 2 heterocycles. The Labute approximate surface area is 144 Å². The van der Waals surface area contributed by atoms with E-state index in [4.69, 9.17) is 14.7 Å². The second-order valence-electron chi connectivity index (χ2n) is 5.35. The third kappa shape index (κ3) is 2.91. The van der Waals surface area contributed by atoms with E-state index in [1.54, 1.807) is 29.5 Å². The predicted octanol–water partition coefficient (Wildman–Crippen LogP) is 4.68. The zero-order valence-electron chi connectivity index (χ0n) is 14.0. The Balaban J connectivity index is 2.12. The molecule has 0 unspecified atom stereocenters. The van der Waals surface area contributed by atoms with Crippen LogP contribution < -0.4 is 9.47 Å². The van der Waals surface area contributed by atoms with Gasteiger partial charge in [0.1, 0.15) is 10.7 Å². The maximum atomic E-state index is 9.06. The highest BCUT2D eigenvalue weighted by Crippen LogP contribution is 2.39. The number of hydrogen-bond donors (Lipinski definition) is 0. The largest absolute Gasteiger partial charge is 0.490 e. The Hall–Kier alpha value is -2.65. The van der Waals surface area contributed by atoms with Gasteiger partial charge in [-0.3, -0.25) is 0 Å². The van der Waals surface area contributed by atoms with Gasteiger partial charge in [0.2, 0.25) is 5.88 Å². The summed E-state index contributed by atoms with van der Waals surface area (Å²) >= 11 is 1.63. The molecule has 0 aliphatic carbocycles.